The molecular formula is C17H19N5O2. The molecule has 24 heavy (non-hydrogen) atoms. The summed E-state index contributed by atoms with van der Waals surface area (Å²) in [6, 6.07) is 4.01. The van der Waals surface area contributed by atoms with Gasteiger partial charge in [0.15, 0.2) is 12.0 Å². The first-order valence-electron chi connectivity index (χ1n) is 8.14. The first-order chi connectivity index (χ1) is 11.6. The molecule has 0 aliphatic carbocycles. The van der Waals surface area contributed by atoms with Gasteiger partial charge in [-0.1, -0.05) is 0 Å². The van der Waals surface area contributed by atoms with Crippen LogP contribution < -0.4 is 0 Å². The van der Waals surface area contributed by atoms with E-state index in [1.165, 1.54) is 6.39 Å². The molecule has 1 aliphatic heterocycles. The lowest BCUT2D eigenvalue weighted by atomic mass is 9.93. The number of aromatic nitrogens is 4. The van der Waals surface area contributed by atoms with E-state index in [2.05, 4.69) is 15.1 Å². The van der Waals surface area contributed by atoms with Crippen LogP contribution >= 0.6 is 0 Å². The zero-order valence-corrected chi connectivity index (χ0v) is 13.8. The van der Waals surface area contributed by atoms with E-state index in [1.54, 1.807) is 6.92 Å². The van der Waals surface area contributed by atoms with Gasteiger partial charge in [0, 0.05) is 37.0 Å². The number of amides is 1. The smallest absolute Gasteiger partial charge is 0.291 e. The monoisotopic (exact) mass is 325 g/mol. The quantitative estimate of drug-likeness (QED) is 0.723. The number of likely N-dealkylation sites (tertiary alicyclic amines) is 1. The normalized spacial score (nSPS) is 16.0. The van der Waals surface area contributed by atoms with E-state index in [0.717, 1.165) is 29.9 Å². The molecule has 0 unspecified atom stereocenters. The minimum atomic E-state index is -0.0711. The molecular weight excluding hydrogens is 306 g/mol. The Hall–Kier alpha value is -2.70. The summed E-state index contributed by atoms with van der Waals surface area (Å²) < 4.78 is 7.16. The van der Waals surface area contributed by atoms with E-state index < -0.39 is 0 Å². The van der Waals surface area contributed by atoms with Crippen LogP contribution in [-0.2, 0) is 0 Å². The number of rotatable bonds is 2. The van der Waals surface area contributed by atoms with Crippen LogP contribution in [0.4, 0.5) is 0 Å². The molecule has 124 valence electrons. The number of aryl methyl sites for hydroxylation is 2. The predicted octanol–water partition coefficient (Wildman–Crippen LogP) is 2.35. The van der Waals surface area contributed by atoms with Crippen molar-refractivity contribution >= 4 is 11.6 Å². The van der Waals surface area contributed by atoms with Crippen LogP contribution in [0, 0.1) is 13.8 Å². The molecule has 1 aliphatic rings. The van der Waals surface area contributed by atoms with E-state index in [0.29, 0.717) is 30.5 Å². The molecule has 1 saturated heterocycles. The second-order valence-electron chi connectivity index (χ2n) is 6.26. The number of carbonyl (C=O) groups is 1. The largest absolute Gasteiger partial charge is 0.438 e. The SMILES string of the molecule is Cc1cc2nccc(C3CCN(C(=O)c4ocnc4C)CC3)n2n1. The molecule has 0 saturated carbocycles. The Labute approximate surface area is 139 Å². The lowest BCUT2D eigenvalue weighted by Gasteiger charge is -2.31. The van der Waals surface area contributed by atoms with Crippen molar-refractivity contribution in [1.82, 2.24) is 24.5 Å². The summed E-state index contributed by atoms with van der Waals surface area (Å²) in [6.07, 6.45) is 4.96. The molecule has 0 aromatic carbocycles. The van der Waals surface area contributed by atoms with E-state index in [-0.39, 0.29) is 5.91 Å². The third kappa shape index (κ3) is 2.46. The summed E-state index contributed by atoms with van der Waals surface area (Å²) in [5.41, 5.74) is 3.64. The van der Waals surface area contributed by atoms with Gasteiger partial charge in [0.2, 0.25) is 5.76 Å². The van der Waals surface area contributed by atoms with E-state index in [1.807, 2.05) is 34.7 Å². The average Bonchev–Trinajstić information content (AvgIpc) is 3.18. The zero-order chi connectivity index (χ0) is 16.7. The van der Waals surface area contributed by atoms with E-state index in [4.69, 9.17) is 4.42 Å². The Bertz CT molecular complexity index is 889. The molecule has 0 spiro atoms. The van der Waals surface area contributed by atoms with Gasteiger partial charge < -0.3 is 9.32 Å². The van der Waals surface area contributed by atoms with Gasteiger partial charge in [-0.15, -0.1) is 0 Å². The molecule has 1 fully saturated rings. The van der Waals surface area contributed by atoms with Crippen LogP contribution in [0.1, 0.15) is 46.4 Å². The van der Waals surface area contributed by atoms with Crippen molar-refractivity contribution in [3.8, 4) is 0 Å². The average molecular weight is 325 g/mol. The van der Waals surface area contributed by atoms with Crippen LogP contribution in [0.15, 0.2) is 29.1 Å². The molecule has 4 heterocycles. The molecule has 0 atom stereocenters. The minimum absolute atomic E-state index is 0.0711. The molecule has 7 heteroatoms. The highest BCUT2D eigenvalue weighted by atomic mass is 16.3. The van der Waals surface area contributed by atoms with Crippen molar-refractivity contribution in [2.45, 2.75) is 32.6 Å². The fourth-order valence-electron chi connectivity index (χ4n) is 3.37. The van der Waals surface area contributed by atoms with Gasteiger partial charge in [0.1, 0.15) is 0 Å². The van der Waals surface area contributed by atoms with Crippen LogP contribution in [0.25, 0.3) is 5.65 Å². The van der Waals surface area contributed by atoms with Gasteiger partial charge in [0.25, 0.3) is 5.91 Å². The van der Waals surface area contributed by atoms with Gasteiger partial charge in [-0.05, 0) is 32.8 Å². The number of piperidine rings is 1. The summed E-state index contributed by atoms with van der Waals surface area (Å²) >= 11 is 0. The number of hydrogen-bond donors (Lipinski definition) is 0. The fraction of sp³-hybridized carbons (Fsp3) is 0.412. The summed E-state index contributed by atoms with van der Waals surface area (Å²) in [5, 5.41) is 4.55. The number of nitrogens with zero attached hydrogens (tertiary/aromatic N) is 5. The highest BCUT2D eigenvalue weighted by molar-refractivity contribution is 5.92. The van der Waals surface area contributed by atoms with E-state index >= 15 is 0 Å². The van der Waals surface area contributed by atoms with Crippen molar-refractivity contribution < 1.29 is 9.21 Å². The number of oxazole rings is 1. The Balaban J connectivity index is 1.51. The fourth-order valence-corrected chi connectivity index (χ4v) is 3.37. The molecule has 0 radical (unpaired) electrons. The van der Waals surface area contributed by atoms with Crippen LogP contribution in [0.5, 0.6) is 0 Å². The standard InChI is InChI=1S/C17H19N5O2/c1-11-9-15-18-6-3-14(22(15)20-11)13-4-7-21(8-5-13)17(23)16-12(2)19-10-24-16/h3,6,9-10,13H,4-5,7-8H2,1-2H3. The molecule has 1 amide bonds. The summed E-state index contributed by atoms with van der Waals surface area (Å²) in [6.45, 7) is 5.16. The first kappa shape index (κ1) is 14.9. The summed E-state index contributed by atoms with van der Waals surface area (Å²) in [5.74, 6) is 0.649. The van der Waals surface area contributed by atoms with Crippen LogP contribution in [-0.4, -0.2) is 43.5 Å². The van der Waals surface area contributed by atoms with Crippen molar-refractivity contribution in [3.05, 3.63) is 47.6 Å². The Morgan fingerprint density at radius 3 is 2.75 bits per heavy atom. The highest BCUT2D eigenvalue weighted by Gasteiger charge is 2.28. The highest BCUT2D eigenvalue weighted by Crippen LogP contribution is 2.29. The molecule has 3 aromatic rings. The number of carbonyl (C=O) groups excluding carboxylic acids is 1. The minimum Gasteiger partial charge on any atom is -0.438 e. The lowest BCUT2D eigenvalue weighted by Crippen LogP contribution is -2.38. The summed E-state index contributed by atoms with van der Waals surface area (Å²) in [7, 11) is 0. The van der Waals surface area contributed by atoms with Gasteiger partial charge in [-0.3, -0.25) is 4.79 Å². The number of hydrogen-bond acceptors (Lipinski definition) is 5. The maximum atomic E-state index is 12.5. The zero-order valence-electron chi connectivity index (χ0n) is 13.8. The van der Waals surface area contributed by atoms with Gasteiger partial charge >= 0.3 is 0 Å². The maximum absolute atomic E-state index is 12.5. The third-order valence-corrected chi connectivity index (χ3v) is 4.65. The second-order valence-corrected chi connectivity index (χ2v) is 6.26. The maximum Gasteiger partial charge on any atom is 0.291 e. The molecule has 0 bridgehead atoms. The second kappa shape index (κ2) is 5.74. The van der Waals surface area contributed by atoms with Crippen LogP contribution in [0.2, 0.25) is 0 Å². The van der Waals surface area contributed by atoms with Gasteiger partial charge in [-0.25, -0.2) is 14.5 Å². The Kier molecular flexibility index (Phi) is 3.55. The predicted molar refractivity (Wildman–Crippen MR) is 86.8 cm³/mol. The van der Waals surface area contributed by atoms with Gasteiger partial charge in [-0.2, -0.15) is 5.10 Å². The first-order valence-corrected chi connectivity index (χ1v) is 8.14. The summed E-state index contributed by atoms with van der Waals surface area (Å²) in [4.78, 5) is 22.7. The molecule has 4 rings (SSSR count). The Morgan fingerprint density at radius 2 is 2.04 bits per heavy atom. The van der Waals surface area contributed by atoms with Crippen molar-refractivity contribution in [3.63, 3.8) is 0 Å². The van der Waals surface area contributed by atoms with Crippen LogP contribution in [0.3, 0.4) is 0 Å². The molecule has 3 aromatic heterocycles. The van der Waals surface area contributed by atoms with Crippen molar-refractivity contribution in [1.29, 1.82) is 0 Å². The third-order valence-electron chi connectivity index (χ3n) is 4.65. The van der Waals surface area contributed by atoms with Gasteiger partial charge in [0.05, 0.1) is 11.4 Å². The molecule has 0 N–H and O–H groups in total. The Morgan fingerprint density at radius 1 is 1.25 bits per heavy atom. The van der Waals surface area contributed by atoms with Crippen molar-refractivity contribution in [2.24, 2.45) is 0 Å². The lowest BCUT2D eigenvalue weighted by molar-refractivity contribution is 0.0678. The van der Waals surface area contributed by atoms with E-state index in [9.17, 15) is 4.79 Å². The molecule has 7 nitrogen and oxygen atoms in total. The van der Waals surface area contributed by atoms with Crippen molar-refractivity contribution in [2.75, 3.05) is 13.1 Å². The topological polar surface area (TPSA) is 76.5 Å². The number of fused-ring (bicyclic) bond motifs is 1.